The third-order valence-corrected chi connectivity index (χ3v) is 12.5. The van der Waals surface area contributed by atoms with Crippen molar-refractivity contribution in [2.75, 3.05) is 4.90 Å². The van der Waals surface area contributed by atoms with Crippen molar-refractivity contribution in [2.45, 2.75) is 0 Å². The Morgan fingerprint density at radius 1 is 0.274 bits per heavy atom. The van der Waals surface area contributed by atoms with Gasteiger partial charge in [0.25, 0.3) is 0 Å². The molecule has 0 aliphatic rings. The van der Waals surface area contributed by atoms with E-state index in [9.17, 15) is 0 Å². The minimum atomic E-state index is 0.851. The van der Waals surface area contributed by atoms with Gasteiger partial charge in [-0.3, -0.25) is 0 Å². The van der Waals surface area contributed by atoms with Crippen molar-refractivity contribution < 1.29 is 4.42 Å². The molecule has 0 saturated heterocycles. The monoisotopic (exact) mass is 789 g/mol. The molecule has 11 aromatic carbocycles. The highest BCUT2D eigenvalue weighted by Gasteiger charge is 2.26. The number of fused-ring (bicyclic) bond motifs is 7. The van der Waals surface area contributed by atoms with E-state index in [1.54, 1.807) is 0 Å². The number of para-hydroxylation sites is 1. The molecule has 62 heavy (non-hydrogen) atoms. The Kier molecular flexibility index (Phi) is 8.53. The first-order valence-electron chi connectivity index (χ1n) is 21.3. The van der Waals surface area contributed by atoms with Gasteiger partial charge in [-0.2, -0.15) is 0 Å². The van der Waals surface area contributed by atoms with Crippen LogP contribution in [-0.4, -0.2) is 0 Å². The summed E-state index contributed by atoms with van der Waals surface area (Å²) in [6.07, 6.45) is 0. The minimum Gasteiger partial charge on any atom is -0.456 e. The SMILES string of the molecule is c1ccc(-c2ccc(-c3ccc(N(c4ccc5c(c4)oc4ccccc45)c4c(-c5cccc6ccccc56)c5ccccc5c5ccccc45)cc3-c3ccccc3)cc2)cc1. The lowest BCUT2D eigenvalue weighted by Crippen LogP contribution is -2.13. The molecule has 12 aromatic rings. The van der Waals surface area contributed by atoms with Gasteiger partial charge >= 0.3 is 0 Å². The maximum atomic E-state index is 6.63. The Morgan fingerprint density at radius 2 is 0.790 bits per heavy atom. The molecule has 1 heterocycles. The zero-order valence-corrected chi connectivity index (χ0v) is 33.9. The van der Waals surface area contributed by atoms with Crippen molar-refractivity contribution >= 4 is 71.3 Å². The van der Waals surface area contributed by atoms with Gasteiger partial charge in [0, 0.05) is 39.2 Å². The second-order valence-electron chi connectivity index (χ2n) is 16.0. The van der Waals surface area contributed by atoms with E-state index in [4.69, 9.17) is 4.42 Å². The maximum absolute atomic E-state index is 6.63. The number of hydrogen-bond donors (Lipinski definition) is 0. The van der Waals surface area contributed by atoms with Crippen LogP contribution in [0.4, 0.5) is 17.1 Å². The molecule has 0 spiro atoms. The standard InChI is InChI=1S/C60H39NO/c1-3-16-40(17-4-1)41-30-32-44(33-31-41)48-36-34-45(38-56(48)43-18-5-2-6-19-43)61(46-35-37-52-51-25-13-14-29-57(51)62-58(52)39-46)60-55-27-12-10-24-50(55)49-23-9-11-26-54(49)59(60)53-28-15-21-42-20-7-8-22-47(42)53/h1-39H. The Bertz CT molecular complexity index is 3620. The van der Waals surface area contributed by atoms with Gasteiger partial charge in [0.15, 0.2) is 0 Å². The van der Waals surface area contributed by atoms with E-state index in [1.165, 1.54) is 60.1 Å². The van der Waals surface area contributed by atoms with Crippen LogP contribution >= 0.6 is 0 Å². The van der Waals surface area contributed by atoms with Crippen LogP contribution in [0.25, 0.3) is 98.8 Å². The van der Waals surface area contributed by atoms with Crippen LogP contribution in [0.3, 0.4) is 0 Å². The van der Waals surface area contributed by atoms with Gasteiger partial charge in [-0.1, -0.05) is 200 Å². The lowest BCUT2D eigenvalue weighted by atomic mass is 9.87. The van der Waals surface area contributed by atoms with Crippen LogP contribution < -0.4 is 4.90 Å². The van der Waals surface area contributed by atoms with Crippen LogP contribution in [0.5, 0.6) is 0 Å². The molecule has 2 nitrogen and oxygen atoms in total. The summed E-state index contributed by atoms with van der Waals surface area (Å²) in [6, 6.07) is 85.6. The van der Waals surface area contributed by atoms with Crippen LogP contribution in [0, 0.1) is 0 Å². The quantitative estimate of drug-likeness (QED) is 0.150. The molecule has 0 radical (unpaired) electrons. The van der Waals surface area contributed by atoms with E-state index >= 15 is 0 Å². The van der Waals surface area contributed by atoms with Crippen LogP contribution in [0.2, 0.25) is 0 Å². The van der Waals surface area contributed by atoms with Crippen LogP contribution in [0.1, 0.15) is 0 Å². The molecule has 0 N–H and O–H groups in total. The number of anilines is 3. The lowest BCUT2D eigenvalue weighted by Gasteiger charge is -2.31. The number of benzene rings is 11. The molecule has 2 heteroatoms. The van der Waals surface area contributed by atoms with Crippen LogP contribution in [-0.2, 0) is 0 Å². The molecule has 0 aliphatic heterocycles. The first-order valence-corrected chi connectivity index (χ1v) is 21.3. The van der Waals surface area contributed by atoms with E-state index in [1.807, 2.05) is 6.07 Å². The normalized spacial score (nSPS) is 11.5. The van der Waals surface area contributed by atoms with E-state index in [2.05, 4.69) is 235 Å². The van der Waals surface area contributed by atoms with Gasteiger partial charge in [-0.25, -0.2) is 0 Å². The maximum Gasteiger partial charge on any atom is 0.137 e. The Balaban J connectivity index is 1.18. The van der Waals surface area contributed by atoms with Crippen molar-refractivity contribution in [3.05, 3.63) is 237 Å². The predicted octanol–water partition coefficient (Wildman–Crippen LogP) is 17.2. The molecule has 1 aromatic heterocycles. The molecule has 0 bridgehead atoms. The summed E-state index contributed by atoms with van der Waals surface area (Å²) in [5.41, 5.74) is 14.3. The van der Waals surface area contributed by atoms with Gasteiger partial charge in [-0.05, 0) is 96.2 Å². The zero-order valence-electron chi connectivity index (χ0n) is 33.9. The van der Waals surface area contributed by atoms with Crippen molar-refractivity contribution in [1.29, 1.82) is 0 Å². The van der Waals surface area contributed by atoms with E-state index in [0.29, 0.717) is 0 Å². The summed E-state index contributed by atoms with van der Waals surface area (Å²) in [5, 5.41) is 9.42. The molecular formula is C60H39NO. The number of rotatable bonds is 7. The molecule has 0 atom stereocenters. The molecule has 0 aliphatic carbocycles. The number of hydrogen-bond acceptors (Lipinski definition) is 2. The summed E-state index contributed by atoms with van der Waals surface area (Å²) < 4.78 is 6.63. The fourth-order valence-electron chi connectivity index (χ4n) is 9.58. The van der Waals surface area contributed by atoms with Gasteiger partial charge in [0.05, 0.1) is 5.69 Å². The van der Waals surface area contributed by atoms with Gasteiger partial charge in [0.2, 0.25) is 0 Å². The van der Waals surface area contributed by atoms with Crippen molar-refractivity contribution in [3.63, 3.8) is 0 Å². The largest absolute Gasteiger partial charge is 0.456 e. The Hall–Kier alpha value is -8.20. The zero-order chi connectivity index (χ0) is 41.0. The fourth-order valence-corrected chi connectivity index (χ4v) is 9.58. The van der Waals surface area contributed by atoms with Gasteiger partial charge in [-0.15, -0.1) is 0 Å². The molecule has 0 saturated carbocycles. The first-order chi connectivity index (χ1) is 30.8. The predicted molar refractivity (Wildman–Crippen MR) is 263 cm³/mol. The summed E-state index contributed by atoms with van der Waals surface area (Å²) in [4.78, 5) is 2.48. The van der Waals surface area contributed by atoms with E-state index in [-0.39, 0.29) is 0 Å². The smallest absolute Gasteiger partial charge is 0.137 e. The summed E-state index contributed by atoms with van der Waals surface area (Å²) in [7, 11) is 0. The average molecular weight is 790 g/mol. The van der Waals surface area contributed by atoms with Crippen molar-refractivity contribution in [3.8, 4) is 44.5 Å². The highest BCUT2D eigenvalue weighted by atomic mass is 16.3. The van der Waals surface area contributed by atoms with Crippen molar-refractivity contribution in [1.82, 2.24) is 0 Å². The van der Waals surface area contributed by atoms with Crippen LogP contribution in [0.15, 0.2) is 241 Å². The fraction of sp³-hybridized carbons (Fsp3) is 0. The summed E-state index contributed by atoms with van der Waals surface area (Å²) in [5.74, 6) is 0. The number of nitrogens with zero attached hydrogens (tertiary/aromatic N) is 1. The third-order valence-electron chi connectivity index (χ3n) is 12.5. The van der Waals surface area contributed by atoms with Crippen molar-refractivity contribution in [2.24, 2.45) is 0 Å². The highest BCUT2D eigenvalue weighted by molar-refractivity contribution is 6.24. The van der Waals surface area contributed by atoms with E-state index in [0.717, 1.165) is 55.7 Å². The topological polar surface area (TPSA) is 16.4 Å². The molecule has 0 fully saturated rings. The minimum absolute atomic E-state index is 0.851. The number of furan rings is 1. The summed E-state index contributed by atoms with van der Waals surface area (Å²) >= 11 is 0. The van der Waals surface area contributed by atoms with Gasteiger partial charge in [0.1, 0.15) is 11.2 Å². The highest BCUT2D eigenvalue weighted by Crippen LogP contribution is 2.52. The molecule has 0 amide bonds. The molecule has 290 valence electrons. The Morgan fingerprint density at radius 3 is 1.56 bits per heavy atom. The molecule has 12 rings (SSSR count). The third kappa shape index (κ3) is 5.96. The summed E-state index contributed by atoms with van der Waals surface area (Å²) in [6.45, 7) is 0. The average Bonchev–Trinajstić information content (AvgIpc) is 3.73. The first kappa shape index (κ1) is 35.7. The second-order valence-corrected chi connectivity index (χ2v) is 16.0. The lowest BCUT2D eigenvalue weighted by molar-refractivity contribution is 0.669. The van der Waals surface area contributed by atoms with Gasteiger partial charge < -0.3 is 9.32 Å². The Labute approximate surface area is 360 Å². The van der Waals surface area contributed by atoms with E-state index < -0.39 is 0 Å². The second kappa shape index (κ2) is 14.8. The molecule has 0 unspecified atom stereocenters. The molecular weight excluding hydrogens is 751 g/mol.